The summed E-state index contributed by atoms with van der Waals surface area (Å²) in [4.78, 5) is 41.0. The normalized spacial score (nSPS) is 27.1. The van der Waals surface area contributed by atoms with Crippen molar-refractivity contribution in [3.05, 3.63) is 64.7 Å². The van der Waals surface area contributed by atoms with E-state index in [1.807, 2.05) is 44.2 Å². The number of nitrogens with one attached hydrogen (secondary N) is 4. The zero-order chi connectivity index (χ0) is 23.1. The van der Waals surface area contributed by atoms with E-state index in [0.29, 0.717) is 12.2 Å². The quantitative estimate of drug-likeness (QED) is 0.570. The van der Waals surface area contributed by atoms with Gasteiger partial charge >= 0.3 is 0 Å². The van der Waals surface area contributed by atoms with Crippen molar-refractivity contribution in [2.24, 2.45) is 11.8 Å². The molecule has 3 aliphatic heterocycles. The molecule has 2 aromatic carbocycles. The highest BCUT2D eigenvalue weighted by Crippen LogP contribution is 2.29. The fraction of sp³-hybridized carbons (Fsp3) is 0.400. The largest absolute Gasteiger partial charge is 0.340 e. The average Bonchev–Trinajstić information content (AvgIpc) is 2.77. The monoisotopic (exact) mass is 447 g/mol. The van der Waals surface area contributed by atoms with Crippen molar-refractivity contribution >= 4 is 23.4 Å². The highest BCUT2D eigenvalue weighted by atomic mass is 16.2. The minimum absolute atomic E-state index is 0.0192. The summed E-state index contributed by atoms with van der Waals surface area (Å²) in [7, 11) is 0. The van der Waals surface area contributed by atoms with Crippen molar-refractivity contribution in [2.45, 2.75) is 45.7 Å². The molecule has 4 atom stereocenters. The van der Waals surface area contributed by atoms with Crippen molar-refractivity contribution < 1.29 is 14.4 Å². The highest BCUT2D eigenvalue weighted by Gasteiger charge is 2.49. The molecular weight excluding hydrogens is 418 g/mol. The molecule has 2 aromatic rings. The maximum Gasteiger partial charge on any atom is 0.229 e. The minimum Gasteiger partial charge on any atom is -0.340 e. The summed E-state index contributed by atoms with van der Waals surface area (Å²) in [6.07, 6.45) is -0.133. The maximum absolute atomic E-state index is 13.2. The first-order valence-electron chi connectivity index (χ1n) is 11.4. The molecule has 4 unspecified atom stereocenters. The summed E-state index contributed by atoms with van der Waals surface area (Å²) >= 11 is 0. The van der Waals surface area contributed by atoms with Gasteiger partial charge in [0.25, 0.3) is 0 Å². The Bertz CT molecular complexity index is 1100. The third-order valence-corrected chi connectivity index (χ3v) is 6.78. The van der Waals surface area contributed by atoms with Gasteiger partial charge in [-0.05, 0) is 54.7 Å². The van der Waals surface area contributed by atoms with Gasteiger partial charge in [0.1, 0.15) is 6.29 Å². The first-order chi connectivity index (χ1) is 15.9. The zero-order valence-electron chi connectivity index (χ0n) is 18.9. The molecule has 0 aromatic heterocycles. The predicted molar refractivity (Wildman–Crippen MR) is 124 cm³/mol. The lowest BCUT2D eigenvalue weighted by Crippen LogP contribution is -2.74. The predicted octanol–water partition coefficient (Wildman–Crippen LogP) is 1.38. The van der Waals surface area contributed by atoms with Crippen LogP contribution < -0.4 is 21.3 Å². The van der Waals surface area contributed by atoms with Gasteiger partial charge in [-0.2, -0.15) is 0 Å². The van der Waals surface area contributed by atoms with Gasteiger partial charge in [0.2, 0.25) is 17.7 Å². The molecule has 3 heterocycles. The molecule has 3 amide bonds. The molecule has 0 bridgehead atoms. The first-order valence-corrected chi connectivity index (χ1v) is 11.4. The molecule has 0 aliphatic carbocycles. The smallest absolute Gasteiger partial charge is 0.229 e. The number of rotatable bonds is 3. The molecule has 33 heavy (non-hydrogen) atoms. The van der Waals surface area contributed by atoms with E-state index in [-0.39, 0.29) is 24.1 Å². The highest BCUT2D eigenvalue weighted by molar-refractivity contribution is 6.00. The average molecular weight is 448 g/mol. The fourth-order valence-electron chi connectivity index (χ4n) is 5.28. The van der Waals surface area contributed by atoms with Crippen LogP contribution in [0.2, 0.25) is 0 Å². The summed E-state index contributed by atoms with van der Waals surface area (Å²) in [5.41, 5.74) is 5.30. The van der Waals surface area contributed by atoms with Crippen LogP contribution in [0.25, 0.3) is 0 Å². The number of benzene rings is 2. The standard InChI is InChI=1S/C25H29N5O3/c1-14-9-15(2)11-18(10-14)26-23(32)19-12-20(31)27-22-21(19)24(33)29-25(28-22)30-8-7-16-5-3-4-6-17(16)13-30/h3-6,9-11,19,21-22,25,28H,7-8,12-13H2,1-2H3,(H,26,32)(H,27,31)(H,29,33). The van der Waals surface area contributed by atoms with Crippen molar-refractivity contribution in [2.75, 3.05) is 11.9 Å². The van der Waals surface area contributed by atoms with Crippen LogP contribution in [0.1, 0.15) is 28.7 Å². The Kier molecular flexibility index (Phi) is 5.64. The molecule has 0 spiro atoms. The molecule has 172 valence electrons. The zero-order valence-corrected chi connectivity index (χ0v) is 18.9. The van der Waals surface area contributed by atoms with E-state index >= 15 is 0 Å². The molecule has 5 rings (SSSR count). The van der Waals surface area contributed by atoms with Crippen LogP contribution in [0, 0.1) is 25.7 Å². The SMILES string of the molecule is Cc1cc(C)cc(NC(=O)C2CC(=O)NC3NC(N4CCc5ccccc5C4)NC(=O)C32)c1. The van der Waals surface area contributed by atoms with Crippen LogP contribution in [-0.4, -0.2) is 41.6 Å². The van der Waals surface area contributed by atoms with Crippen LogP contribution in [0.5, 0.6) is 0 Å². The van der Waals surface area contributed by atoms with E-state index in [4.69, 9.17) is 0 Å². The Morgan fingerprint density at radius 1 is 1.03 bits per heavy atom. The van der Waals surface area contributed by atoms with Crippen LogP contribution in [0.3, 0.4) is 0 Å². The Balaban J connectivity index is 1.31. The lowest BCUT2D eigenvalue weighted by molar-refractivity contribution is -0.147. The summed E-state index contributed by atoms with van der Waals surface area (Å²) in [5.74, 6) is -2.20. The van der Waals surface area contributed by atoms with Gasteiger partial charge in [-0.1, -0.05) is 30.3 Å². The van der Waals surface area contributed by atoms with Crippen molar-refractivity contribution in [3.8, 4) is 0 Å². The van der Waals surface area contributed by atoms with Gasteiger partial charge in [0, 0.05) is 25.2 Å². The molecule has 0 saturated carbocycles. The maximum atomic E-state index is 13.2. The summed E-state index contributed by atoms with van der Waals surface area (Å²) < 4.78 is 0. The van der Waals surface area contributed by atoms with E-state index in [0.717, 1.165) is 24.1 Å². The third-order valence-electron chi connectivity index (χ3n) is 6.78. The van der Waals surface area contributed by atoms with Gasteiger partial charge in [-0.25, -0.2) is 0 Å². The molecule has 8 nitrogen and oxygen atoms in total. The summed E-state index contributed by atoms with van der Waals surface area (Å²) in [5, 5.41) is 12.2. The van der Waals surface area contributed by atoms with Crippen LogP contribution in [0.4, 0.5) is 5.69 Å². The van der Waals surface area contributed by atoms with Crippen LogP contribution in [-0.2, 0) is 27.3 Å². The van der Waals surface area contributed by atoms with Crippen molar-refractivity contribution in [3.63, 3.8) is 0 Å². The topological polar surface area (TPSA) is 103 Å². The second-order valence-electron chi connectivity index (χ2n) is 9.31. The minimum atomic E-state index is -0.750. The second kappa shape index (κ2) is 8.61. The lowest BCUT2D eigenvalue weighted by atomic mass is 9.81. The van der Waals surface area contributed by atoms with Gasteiger partial charge in [-0.3, -0.25) is 24.6 Å². The Morgan fingerprint density at radius 2 is 1.76 bits per heavy atom. The lowest BCUT2D eigenvalue weighted by Gasteiger charge is -2.47. The van der Waals surface area contributed by atoms with Crippen LogP contribution >= 0.6 is 0 Å². The number of fused-ring (bicyclic) bond motifs is 2. The van der Waals surface area contributed by atoms with E-state index in [9.17, 15) is 14.4 Å². The van der Waals surface area contributed by atoms with Crippen LogP contribution in [0.15, 0.2) is 42.5 Å². The third kappa shape index (κ3) is 4.36. The van der Waals surface area contributed by atoms with Crippen molar-refractivity contribution in [1.29, 1.82) is 0 Å². The van der Waals surface area contributed by atoms with Gasteiger partial charge in [0.15, 0.2) is 0 Å². The Morgan fingerprint density at radius 3 is 2.52 bits per heavy atom. The first kappa shape index (κ1) is 21.6. The molecule has 3 aliphatic rings. The molecule has 2 fully saturated rings. The number of carbonyl (C=O) groups is 3. The number of anilines is 1. The number of hydrogen-bond acceptors (Lipinski definition) is 5. The Labute approximate surface area is 193 Å². The molecule has 8 heteroatoms. The molecule has 2 saturated heterocycles. The second-order valence-corrected chi connectivity index (χ2v) is 9.31. The number of nitrogens with zero attached hydrogens (tertiary/aromatic N) is 1. The van der Waals surface area contributed by atoms with Gasteiger partial charge in [-0.15, -0.1) is 0 Å². The number of aryl methyl sites for hydroxylation is 2. The van der Waals surface area contributed by atoms with Crippen molar-refractivity contribution in [1.82, 2.24) is 20.9 Å². The van der Waals surface area contributed by atoms with E-state index in [1.165, 1.54) is 11.1 Å². The van der Waals surface area contributed by atoms with Gasteiger partial charge < -0.3 is 16.0 Å². The van der Waals surface area contributed by atoms with E-state index in [2.05, 4.69) is 38.3 Å². The molecular formula is C25H29N5O3. The molecule has 4 N–H and O–H groups in total. The number of amides is 3. The summed E-state index contributed by atoms with van der Waals surface area (Å²) in [6, 6.07) is 14.1. The van der Waals surface area contributed by atoms with E-state index in [1.54, 1.807) is 0 Å². The Hall–Kier alpha value is -3.23. The number of carbonyl (C=O) groups excluding carboxylic acids is 3. The molecule has 0 radical (unpaired) electrons. The van der Waals surface area contributed by atoms with Gasteiger partial charge in [0.05, 0.1) is 18.0 Å². The van der Waals surface area contributed by atoms with E-state index < -0.39 is 24.3 Å². The summed E-state index contributed by atoms with van der Waals surface area (Å²) in [6.45, 7) is 5.42. The number of hydrogen-bond donors (Lipinski definition) is 4. The fourth-order valence-corrected chi connectivity index (χ4v) is 5.28. The number of piperidine rings is 1.